The molecule has 2 aromatic rings. The van der Waals surface area contributed by atoms with E-state index in [4.69, 9.17) is 26.3 Å². The van der Waals surface area contributed by atoms with Crippen molar-refractivity contribution in [2.24, 2.45) is 5.16 Å². The number of terminal acetylenes is 1. The Morgan fingerprint density at radius 1 is 1.16 bits per heavy atom. The maximum absolute atomic E-state index is 14.9. The van der Waals surface area contributed by atoms with Crippen LogP contribution in [-0.4, -0.2) is 48.8 Å². The van der Waals surface area contributed by atoms with Gasteiger partial charge in [-0.2, -0.15) is 0 Å². The van der Waals surface area contributed by atoms with Crippen molar-refractivity contribution >= 4 is 23.5 Å². The third-order valence-electron chi connectivity index (χ3n) is 3.89. The number of carbonyl (C=O) groups is 1. The molecule has 8 nitrogen and oxygen atoms in total. The number of benzene rings is 2. The zero-order valence-corrected chi connectivity index (χ0v) is 16.7. The fourth-order valence-electron chi connectivity index (χ4n) is 2.37. The number of rotatable bonds is 11. The van der Waals surface area contributed by atoms with Gasteiger partial charge in [0, 0.05) is 24.2 Å². The maximum Gasteiger partial charge on any atom is 0.277 e. The van der Waals surface area contributed by atoms with Gasteiger partial charge in [-0.3, -0.25) is 9.63 Å². The van der Waals surface area contributed by atoms with Crippen LogP contribution in [0.1, 0.15) is 27.9 Å². The second-order valence-corrected chi connectivity index (χ2v) is 6.13. The van der Waals surface area contributed by atoms with Crippen LogP contribution in [0.4, 0.5) is 24.5 Å². The van der Waals surface area contributed by atoms with Gasteiger partial charge in [0.1, 0.15) is 12.4 Å². The normalized spacial score (nSPS) is 10.8. The largest absolute Gasteiger partial charge is 0.396 e. The van der Waals surface area contributed by atoms with Crippen molar-refractivity contribution in [1.82, 2.24) is 5.48 Å². The molecule has 0 fully saturated rings. The molecule has 0 aliphatic rings. The minimum atomic E-state index is -1.49. The van der Waals surface area contributed by atoms with E-state index in [-0.39, 0.29) is 37.5 Å². The predicted octanol–water partition coefficient (Wildman–Crippen LogP) is 2.22. The Balaban J connectivity index is 2.45. The smallest absolute Gasteiger partial charge is 0.277 e. The number of anilines is 2. The zero-order valence-electron chi connectivity index (χ0n) is 16.7. The minimum absolute atomic E-state index is 0.0337. The molecule has 0 radical (unpaired) electrons. The highest BCUT2D eigenvalue weighted by Gasteiger charge is 2.23. The van der Waals surface area contributed by atoms with E-state index in [1.54, 1.807) is 0 Å². The first-order chi connectivity index (χ1) is 15.4. The molecule has 32 heavy (non-hydrogen) atoms. The topological polar surface area (TPSA) is 112 Å². The summed E-state index contributed by atoms with van der Waals surface area (Å²) in [4.78, 5) is 22.0. The Morgan fingerprint density at radius 3 is 2.59 bits per heavy atom. The molecular weight excluding hydrogens is 431 g/mol. The Kier molecular flexibility index (Phi) is 9.49. The van der Waals surface area contributed by atoms with E-state index < -0.39 is 46.8 Å². The van der Waals surface area contributed by atoms with Crippen LogP contribution in [0.5, 0.6) is 0 Å². The number of carbonyl (C=O) groups excluding carboxylic acids is 1. The van der Waals surface area contributed by atoms with Crippen LogP contribution in [-0.2, 0) is 9.68 Å². The van der Waals surface area contributed by atoms with E-state index in [0.29, 0.717) is 0 Å². The van der Waals surface area contributed by atoms with Crippen molar-refractivity contribution in [3.8, 4) is 12.3 Å². The Bertz CT molecular complexity index is 1020. The summed E-state index contributed by atoms with van der Waals surface area (Å²) in [7, 11) is 0. The molecule has 0 spiro atoms. The van der Waals surface area contributed by atoms with Crippen molar-refractivity contribution in [2.45, 2.75) is 6.42 Å². The van der Waals surface area contributed by atoms with Gasteiger partial charge < -0.3 is 20.4 Å². The molecule has 11 heteroatoms. The van der Waals surface area contributed by atoms with Crippen molar-refractivity contribution in [2.75, 3.05) is 31.7 Å². The number of nitrogens with zero attached hydrogens (tertiary/aromatic N) is 1. The molecule has 0 aliphatic carbocycles. The molecule has 0 heterocycles. The van der Waals surface area contributed by atoms with Gasteiger partial charge in [0.2, 0.25) is 0 Å². The first-order valence-corrected chi connectivity index (χ1v) is 9.27. The molecule has 2 aromatic carbocycles. The molecule has 0 aliphatic heterocycles. The van der Waals surface area contributed by atoms with E-state index in [9.17, 15) is 18.0 Å². The summed E-state index contributed by atoms with van der Waals surface area (Å²) in [5.41, 5.74) is 0.376. The number of oxime groups is 1. The number of aliphatic hydroxyl groups is 2. The summed E-state index contributed by atoms with van der Waals surface area (Å²) in [6.07, 6.45) is 6.32. The van der Waals surface area contributed by atoms with Crippen molar-refractivity contribution in [3.05, 3.63) is 58.4 Å². The number of amides is 1. The molecule has 0 saturated carbocycles. The monoisotopic (exact) mass is 451 g/mol. The van der Waals surface area contributed by atoms with Gasteiger partial charge in [-0.1, -0.05) is 11.1 Å². The summed E-state index contributed by atoms with van der Waals surface area (Å²) in [5, 5.41) is 23.3. The molecule has 0 atom stereocenters. The fourth-order valence-corrected chi connectivity index (χ4v) is 2.37. The van der Waals surface area contributed by atoms with E-state index in [0.717, 1.165) is 18.3 Å². The predicted molar refractivity (Wildman–Crippen MR) is 110 cm³/mol. The van der Waals surface area contributed by atoms with Gasteiger partial charge in [-0.05, 0) is 24.3 Å². The van der Waals surface area contributed by atoms with Crippen LogP contribution in [0.15, 0.2) is 29.4 Å². The standard InChI is InChI=1S/C21H20F3N3O5/c1-2-13-4-5-17(16(22)10-13)26-20-15(21(30)27-32-9-7-29)11-14(18(23)19(20)24)12-25-31-8-3-6-28/h1,4-5,10-12,26,28-29H,3,6-9H2,(H,27,30)/b25-12+. The molecule has 170 valence electrons. The molecule has 1 amide bonds. The second kappa shape index (κ2) is 12.3. The Morgan fingerprint density at radius 2 is 1.94 bits per heavy atom. The Hall–Kier alpha value is -3.59. The summed E-state index contributed by atoms with van der Waals surface area (Å²) in [6.45, 7) is -0.770. The van der Waals surface area contributed by atoms with Crippen molar-refractivity contribution in [3.63, 3.8) is 0 Å². The number of hydrogen-bond acceptors (Lipinski definition) is 7. The zero-order chi connectivity index (χ0) is 23.5. The highest BCUT2D eigenvalue weighted by Crippen LogP contribution is 2.30. The number of halogens is 3. The molecule has 2 rings (SSSR count). The minimum Gasteiger partial charge on any atom is -0.396 e. The van der Waals surface area contributed by atoms with E-state index in [2.05, 4.69) is 16.4 Å². The highest BCUT2D eigenvalue weighted by atomic mass is 19.2. The maximum atomic E-state index is 14.9. The van der Waals surface area contributed by atoms with Crippen molar-refractivity contribution in [1.29, 1.82) is 0 Å². The van der Waals surface area contributed by atoms with Gasteiger partial charge in [-0.15, -0.1) is 6.42 Å². The number of hydrogen-bond donors (Lipinski definition) is 4. The summed E-state index contributed by atoms with van der Waals surface area (Å²) < 4.78 is 43.8. The van der Waals surface area contributed by atoms with E-state index >= 15 is 0 Å². The van der Waals surface area contributed by atoms with Gasteiger partial charge >= 0.3 is 0 Å². The molecule has 0 unspecified atom stereocenters. The van der Waals surface area contributed by atoms with Gasteiger partial charge in [0.25, 0.3) is 5.91 Å². The van der Waals surface area contributed by atoms with Gasteiger partial charge in [0.05, 0.1) is 36.4 Å². The first-order valence-electron chi connectivity index (χ1n) is 9.27. The van der Waals surface area contributed by atoms with E-state index in [1.165, 1.54) is 12.1 Å². The lowest BCUT2D eigenvalue weighted by atomic mass is 10.1. The van der Waals surface area contributed by atoms with Crippen LogP contribution in [0.2, 0.25) is 0 Å². The quantitative estimate of drug-likeness (QED) is 0.180. The lowest BCUT2D eigenvalue weighted by molar-refractivity contribution is 0.0168. The summed E-state index contributed by atoms with van der Waals surface area (Å²) in [5.74, 6) is -2.49. The van der Waals surface area contributed by atoms with Gasteiger partial charge in [-0.25, -0.2) is 18.7 Å². The summed E-state index contributed by atoms with van der Waals surface area (Å²) in [6, 6.07) is 4.53. The lowest BCUT2D eigenvalue weighted by Gasteiger charge is -2.15. The molecule has 0 bridgehead atoms. The van der Waals surface area contributed by atoms with Gasteiger partial charge in [0.15, 0.2) is 11.6 Å². The average Bonchev–Trinajstić information content (AvgIpc) is 2.79. The number of aliphatic hydroxyl groups excluding tert-OH is 2. The second-order valence-electron chi connectivity index (χ2n) is 6.13. The van der Waals surface area contributed by atoms with Crippen LogP contribution in [0, 0.1) is 29.8 Å². The molecule has 0 aromatic heterocycles. The fraction of sp³-hybridized carbons (Fsp3) is 0.238. The van der Waals surface area contributed by atoms with Crippen LogP contribution in [0.3, 0.4) is 0 Å². The van der Waals surface area contributed by atoms with Crippen LogP contribution < -0.4 is 10.8 Å². The summed E-state index contributed by atoms with van der Waals surface area (Å²) >= 11 is 0. The highest BCUT2D eigenvalue weighted by molar-refractivity contribution is 6.01. The lowest BCUT2D eigenvalue weighted by Crippen LogP contribution is -2.26. The molecule has 4 N–H and O–H groups in total. The average molecular weight is 451 g/mol. The number of hydroxylamine groups is 1. The van der Waals surface area contributed by atoms with E-state index in [1.807, 2.05) is 5.48 Å². The first kappa shape index (κ1) is 24.7. The van der Waals surface area contributed by atoms with Crippen LogP contribution >= 0.6 is 0 Å². The molecular formula is C21H20F3N3O5. The molecule has 0 saturated heterocycles. The SMILES string of the molecule is C#Cc1ccc(Nc2c(C(=O)NOCCO)cc(/C=N/OCCCO)c(F)c2F)c(F)c1. The van der Waals surface area contributed by atoms with Crippen LogP contribution in [0.25, 0.3) is 0 Å². The third-order valence-corrected chi connectivity index (χ3v) is 3.89. The number of nitrogens with one attached hydrogen (secondary N) is 2. The Labute approximate surface area is 181 Å². The van der Waals surface area contributed by atoms with Crippen molar-refractivity contribution < 1.29 is 37.9 Å². The third kappa shape index (κ3) is 6.45.